The minimum Gasteiger partial charge on any atom is -0.496 e. The smallest absolute Gasteiger partial charge is 0.324 e. The van der Waals surface area contributed by atoms with Crippen molar-refractivity contribution in [3.63, 3.8) is 0 Å². The van der Waals surface area contributed by atoms with E-state index in [0.717, 1.165) is 0 Å². The van der Waals surface area contributed by atoms with Crippen LogP contribution in [0, 0.1) is 0 Å². The van der Waals surface area contributed by atoms with Gasteiger partial charge in [0, 0.05) is 18.3 Å². The van der Waals surface area contributed by atoms with Gasteiger partial charge in [0.15, 0.2) is 5.92 Å². The zero-order valence-electron chi connectivity index (χ0n) is 15.6. The van der Waals surface area contributed by atoms with Crippen LogP contribution in [0.5, 0.6) is 17.2 Å². The first-order valence-corrected chi connectivity index (χ1v) is 8.24. The maximum atomic E-state index is 12.9. The second-order valence-electron chi connectivity index (χ2n) is 5.34. The van der Waals surface area contributed by atoms with E-state index in [1.165, 1.54) is 27.5 Å². The van der Waals surface area contributed by atoms with Crippen LogP contribution < -0.4 is 19.5 Å². The minimum absolute atomic E-state index is 0.143. The number of hydrogen-bond donors (Lipinski definition) is 1. The number of nitrogens with zero attached hydrogens (tertiary/aromatic N) is 1. The standard InChI is InChI=1S/C19H22N2O6/c1-5-27-19(23)16(13-8-6-7-9-20-13)18(22)21-17-14(25-3)10-12(24-2)11-15(17)26-4/h6-11,16H,5H2,1-4H3,(H,21,22). The third-order valence-corrected chi connectivity index (χ3v) is 3.73. The van der Waals surface area contributed by atoms with Crippen molar-refractivity contribution < 1.29 is 28.5 Å². The number of nitrogens with one attached hydrogen (secondary N) is 1. The zero-order chi connectivity index (χ0) is 19.8. The molecule has 2 rings (SSSR count). The van der Waals surface area contributed by atoms with Gasteiger partial charge in [-0.25, -0.2) is 0 Å². The normalized spacial score (nSPS) is 11.3. The fraction of sp³-hybridized carbons (Fsp3) is 0.316. The van der Waals surface area contributed by atoms with Crippen LogP contribution in [0.15, 0.2) is 36.5 Å². The first kappa shape index (κ1) is 20.0. The third kappa shape index (κ3) is 4.66. The van der Waals surface area contributed by atoms with Crippen molar-refractivity contribution >= 4 is 17.6 Å². The molecule has 0 spiro atoms. The molecule has 0 saturated heterocycles. The molecule has 1 atom stereocenters. The van der Waals surface area contributed by atoms with Gasteiger partial charge in [-0.1, -0.05) is 6.07 Å². The van der Waals surface area contributed by atoms with E-state index < -0.39 is 17.8 Å². The van der Waals surface area contributed by atoms with E-state index in [9.17, 15) is 9.59 Å². The summed E-state index contributed by atoms with van der Waals surface area (Å²) in [5, 5.41) is 2.68. The Kier molecular flexibility index (Phi) is 6.99. The molecule has 1 heterocycles. The van der Waals surface area contributed by atoms with Gasteiger partial charge in [-0.2, -0.15) is 0 Å². The summed E-state index contributed by atoms with van der Waals surface area (Å²) in [6.07, 6.45) is 1.50. The lowest BCUT2D eigenvalue weighted by atomic mass is 10.0. The molecule has 1 aromatic heterocycles. The number of anilines is 1. The molecule has 0 bridgehead atoms. The first-order chi connectivity index (χ1) is 13.0. The summed E-state index contributed by atoms with van der Waals surface area (Å²) in [5.41, 5.74) is 0.552. The van der Waals surface area contributed by atoms with Gasteiger partial charge in [-0.3, -0.25) is 14.6 Å². The highest BCUT2D eigenvalue weighted by molar-refractivity contribution is 6.10. The summed E-state index contributed by atoms with van der Waals surface area (Å²) in [6, 6.07) is 8.16. The first-order valence-electron chi connectivity index (χ1n) is 8.24. The summed E-state index contributed by atoms with van der Waals surface area (Å²) < 4.78 is 20.9. The Hall–Kier alpha value is -3.29. The highest BCUT2D eigenvalue weighted by Crippen LogP contribution is 2.39. The second kappa shape index (κ2) is 9.42. The van der Waals surface area contributed by atoms with E-state index in [4.69, 9.17) is 18.9 Å². The van der Waals surface area contributed by atoms with Crippen molar-refractivity contribution in [3.05, 3.63) is 42.2 Å². The fourth-order valence-corrected chi connectivity index (χ4v) is 2.46. The zero-order valence-corrected chi connectivity index (χ0v) is 15.6. The molecular formula is C19H22N2O6. The van der Waals surface area contributed by atoms with Crippen LogP contribution in [0.1, 0.15) is 18.5 Å². The van der Waals surface area contributed by atoms with Crippen LogP contribution in [0.3, 0.4) is 0 Å². The summed E-state index contributed by atoms with van der Waals surface area (Å²) >= 11 is 0. The second-order valence-corrected chi connectivity index (χ2v) is 5.34. The van der Waals surface area contributed by atoms with Gasteiger partial charge >= 0.3 is 5.97 Å². The molecule has 0 fully saturated rings. The quantitative estimate of drug-likeness (QED) is 0.560. The molecule has 0 aliphatic carbocycles. The SMILES string of the molecule is CCOC(=O)C(C(=O)Nc1c(OC)cc(OC)cc1OC)c1ccccn1. The van der Waals surface area contributed by atoms with Crippen LogP contribution in [0.2, 0.25) is 0 Å². The molecule has 2 aromatic rings. The molecule has 1 amide bonds. The van der Waals surface area contributed by atoms with Crippen LogP contribution in [0.4, 0.5) is 5.69 Å². The van der Waals surface area contributed by atoms with E-state index in [0.29, 0.717) is 17.2 Å². The molecule has 0 radical (unpaired) electrons. The Balaban J connectivity index is 2.41. The Morgan fingerprint density at radius 3 is 2.22 bits per heavy atom. The summed E-state index contributed by atoms with van der Waals surface area (Å²) in [4.78, 5) is 29.4. The number of rotatable bonds is 8. The van der Waals surface area contributed by atoms with E-state index in [1.807, 2.05) is 0 Å². The monoisotopic (exact) mass is 374 g/mol. The number of carbonyl (C=O) groups excluding carboxylic acids is 2. The Bertz CT molecular complexity index is 769. The van der Waals surface area contributed by atoms with E-state index in [2.05, 4.69) is 10.3 Å². The van der Waals surface area contributed by atoms with Gasteiger partial charge in [0.2, 0.25) is 5.91 Å². The van der Waals surface area contributed by atoms with E-state index in [-0.39, 0.29) is 18.0 Å². The van der Waals surface area contributed by atoms with Gasteiger partial charge in [0.1, 0.15) is 22.9 Å². The van der Waals surface area contributed by atoms with Crippen molar-refractivity contribution in [3.8, 4) is 17.2 Å². The number of methoxy groups -OCH3 is 3. The Morgan fingerprint density at radius 2 is 1.74 bits per heavy atom. The average molecular weight is 374 g/mol. The van der Waals surface area contributed by atoms with Crippen LogP contribution >= 0.6 is 0 Å². The van der Waals surface area contributed by atoms with Crippen molar-refractivity contribution in [1.29, 1.82) is 0 Å². The van der Waals surface area contributed by atoms with Crippen molar-refractivity contribution in [1.82, 2.24) is 4.98 Å². The molecule has 8 nitrogen and oxygen atoms in total. The summed E-state index contributed by atoms with van der Waals surface area (Å²) in [6.45, 7) is 1.81. The number of carbonyl (C=O) groups is 2. The average Bonchev–Trinajstić information content (AvgIpc) is 2.69. The molecule has 0 aliphatic rings. The van der Waals surface area contributed by atoms with Crippen molar-refractivity contribution in [2.75, 3.05) is 33.3 Å². The van der Waals surface area contributed by atoms with Gasteiger partial charge in [-0.05, 0) is 19.1 Å². The van der Waals surface area contributed by atoms with Gasteiger partial charge in [-0.15, -0.1) is 0 Å². The summed E-state index contributed by atoms with van der Waals surface area (Å²) in [7, 11) is 4.40. The lowest BCUT2D eigenvalue weighted by Crippen LogP contribution is -2.30. The maximum Gasteiger partial charge on any atom is 0.324 e. The fourth-order valence-electron chi connectivity index (χ4n) is 2.46. The highest BCUT2D eigenvalue weighted by Gasteiger charge is 2.32. The number of hydrogen-bond acceptors (Lipinski definition) is 7. The molecule has 0 aliphatic heterocycles. The molecule has 1 aromatic carbocycles. The van der Waals surface area contributed by atoms with Gasteiger partial charge < -0.3 is 24.3 Å². The Morgan fingerprint density at radius 1 is 1.07 bits per heavy atom. The van der Waals surface area contributed by atoms with Crippen molar-refractivity contribution in [2.45, 2.75) is 12.8 Å². The minimum atomic E-state index is -1.23. The number of aromatic nitrogens is 1. The Labute approximate surface area is 157 Å². The number of esters is 1. The topological polar surface area (TPSA) is 96.0 Å². The van der Waals surface area contributed by atoms with E-state index >= 15 is 0 Å². The van der Waals surface area contributed by atoms with Crippen LogP contribution in [-0.2, 0) is 14.3 Å². The molecule has 0 saturated carbocycles. The molecular weight excluding hydrogens is 352 g/mol. The predicted octanol–water partition coefficient (Wildman–Crippen LogP) is 2.39. The largest absolute Gasteiger partial charge is 0.496 e. The van der Waals surface area contributed by atoms with Crippen molar-refractivity contribution in [2.24, 2.45) is 0 Å². The van der Waals surface area contributed by atoms with Gasteiger partial charge in [0.05, 0.1) is 33.6 Å². The van der Waals surface area contributed by atoms with E-state index in [1.54, 1.807) is 37.3 Å². The molecule has 1 unspecified atom stereocenters. The molecule has 1 N–H and O–H groups in total. The molecule has 27 heavy (non-hydrogen) atoms. The number of pyridine rings is 1. The number of amides is 1. The lowest BCUT2D eigenvalue weighted by Gasteiger charge is -2.19. The van der Waals surface area contributed by atoms with Gasteiger partial charge in [0.25, 0.3) is 0 Å². The summed E-state index contributed by atoms with van der Waals surface area (Å²) in [5.74, 6) is -1.41. The third-order valence-electron chi connectivity index (χ3n) is 3.73. The predicted molar refractivity (Wildman–Crippen MR) is 98.3 cm³/mol. The number of benzene rings is 1. The lowest BCUT2D eigenvalue weighted by molar-refractivity contribution is -0.147. The number of ether oxygens (including phenoxy) is 4. The molecule has 144 valence electrons. The molecule has 8 heteroatoms. The van der Waals surface area contributed by atoms with Crippen LogP contribution in [-0.4, -0.2) is 44.8 Å². The maximum absolute atomic E-state index is 12.9. The highest BCUT2D eigenvalue weighted by atomic mass is 16.5. The van der Waals surface area contributed by atoms with Crippen LogP contribution in [0.25, 0.3) is 0 Å².